The summed E-state index contributed by atoms with van der Waals surface area (Å²) in [5.74, 6) is -0.871. The lowest BCUT2D eigenvalue weighted by Gasteiger charge is -2.02. The summed E-state index contributed by atoms with van der Waals surface area (Å²) in [5, 5.41) is 14.2. The molecule has 0 aliphatic heterocycles. The molecule has 0 aliphatic rings. The summed E-state index contributed by atoms with van der Waals surface area (Å²) in [6.07, 6.45) is -0.0450. The highest BCUT2D eigenvalue weighted by molar-refractivity contribution is 9.10. The Morgan fingerprint density at radius 3 is 3.06 bits per heavy atom. The monoisotopic (exact) mass is 312 g/mol. The molecule has 2 N–H and O–H groups in total. The van der Waals surface area contributed by atoms with E-state index in [1.807, 2.05) is 24.3 Å². The number of thiazole rings is 1. The van der Waals surface area contributed by atoms with Gasteiger partial charge in [-0.1, -0.05) is 22.0 Å². The van der Waals surface area contributed by atoms with Crippen LogP contribution in [-0.4, -0.2) is 16.1 Å². The molecule has 6 heteroatoms. The fraction of sp³-hybridized carbons (Fsp3) is 0.0909. The lowest BCUT2D eigenvalue weighted by Crippen LogP contribution is -2.00. The molecule has 0 spiro atoms. The van der Waals surface area contributed by atoms with Crippen molar-refractivity contribution in [3.8, 4) is 0 Å². The van der Waals surface area contributed by atoms with Crippen LogP contribution in [0.15, 0.2) is 34.1 Å². The third kappa shape index (κ3) is 3.54. The molecular weight excluding hydrogens is 304 g/mol. The first-order chi connectivity index (χ1) is 8.13. The molecule has 0 fully saturated rings. The van der Waals surface area contributed by atoms with Crippen LogP contribution in [0.25, 0.3) is 0 Å². The summed E-state index contributed by atoms with van der Waals surface area (Å²) in [7, 11) is 0. The number of aliphatic carboxylic acids is 1. The molecule has 0 saturated carbocycles. The zero-order valence-corrected chi connectivity index (χ0v) is 11.1. The van der Waals surface area contributed by atoms with Gasteiger partial charge in [0.05, 0.1) is 12.1 Å². The van der Waals surface area contributed by atoms with Crippen LogP contribution in [-0.2, 0) is 11.2 Å². The number of anilines is 2. The first kappa shape index (κ1) is 12.1. The van der Waals surface area contributed by atoms with Crippen molar-refractivity contribution in [2.45, 2.75) is 6.42 Å². The summed E-state index contributed by atoms with van der Waals surface area (Å²) in [6.45, 7) is 0. The Morgan fingerprint density at radius 1 is 1.53 bits per heavy atom. The van der Waals surface area contributed by atoms with E-state index < -0.39 is 5.97 Å². The second-order valence-electron chi connectivity index (χ2n) is 3.35. The standard InChI is InChI=1S/C11H9BrN2O2S/c12-7-2-1-3-8(4-7)13-11-14-9(6-17-11)5-10(15)16/h1-4,6H,5H2,(H,13,14)(H,15,16). The summed E-state index contributed by atoms with van der Waals surface area (Å²) < 4.78 is 0.977. The second kappa shape index (κ2) is 5.29. The van der Waals surface area contributed by atoms with Crippen LogP contribution < -0.4 is 5.32 Å². The molecule has 0 saturated heterocycles. The van der Waals surface area contributed by atoms with Crippen molar-refractivity contribution in [2.24, 2.45) is 0 Å². The maximum Gasteiger partial charge on any atom is 0.309 e. The van der Waals surface area contributed by atoms with E-state index >= 15 is 0 Å². The molecule has 2 rings (SSSR count). The van der Waals surface area contributed by atoms with Gasteiger partial charge in [-0.25, -0.2) is 4.98 Å². The SMILES string of the molecule is O=C(O)Cc1csc(Nc2cccc(Br)c2)n1. The lowest BCUT2D eigenvalue weighted by atomic mass is 10.3. The molecule has 0 atom stereocenters. The van der Waals surface area contributed by atoms with E-state index in [1.54, 1.807) is 5.38 Å². The zero-order valence-electron chi connectivity index (χ0n) is 8.68. The van der Waals surface area contributed by atoms with Gasteiger partial charge in [-0.3, -0.25) is 4.79 Å². The van der Waals surface area contributed by atoms with Crippen molar-refractivity contribution in [1.82, 2.24) is 4.98 Å². The fourth-order valence-corrected chi connectivity index (χ4v) is 2.42. The number of nitrogens with zero attached hydrogens (tertiary/aromatic N) is 1. The maximum absolute atomic E-state index is 10.5. The normalized spacial score (nSPS) is 10.2. The van der Waals surface area contributed by atoms with E-state index in [0.717, 1.165) is 10.2 Å². The van der Waals surface area contributed by atoms with Gasteiger partial charge >= 0.3 is 5.97 Å². The van der Waals surface area contributed by atoms with Crippen LogP contribution in [0, 0.1) is 0 Å². The summed E-state index contributed by atoms with van der Waals surface area (Å²) >= 11 is 4.77. The Labute approximate surface area is 110 Å². The highest BCUT2D eigenvalue weighted by Crippen LogP contribution is 2.23. The number of halogens is 1. The van der Waals surface area contributed by atoms with E-state index in [-0.39, 0.29) is 6.42 Å². The molecule has 1 aromatic heterocycles. The highest BCUT2D eigenvalue weighted by Gasteiger charge is 2.06. The lowest BCUT2D eigenvalue weighted by molar-refractivity contribution is -0.136. The third-order valence-corrected chi connectivity index (χ3v) is 3.26. The number of carboxylic acids is 1. The van der Waals surface area contributed by atoms with Gasteiger partial charge in [0.15, 0.2) is 5.13 Å². The van der Waals surface area contributed by atoms with E-state index in [0.29, 0.717) is 10.8 Å². The number of hydrogen-bond donors (Lipinski definition) is 2. The minimum Gasteiger partial charge on any atom is -0.481 e. The molecule has 0 radical (unpaired) electrons. The van der Waals surface area contributed by atoms with Gasteiger partial charge in [-0.15, -0.1) is 11.3 Å². The van der Waals surface area contributed by atoms with E-state index in [4.69, 9.17) is 5.11 Å². The fourth-order valence-electron chi connectivity index (χ4n) is 1.29. The van der Waals surface area contributed by atoms with Crippen molar-refractivity contribution in [2.75, 3.05) is 5.32 Å². The Balaban J connectivity index is 2.08. The molecule has 4 nitrogen and oxygen atoms in total. The molecule has 1 aromatic carbocycles. The quantitative estimate of drug-likeness (QED) is 0.909. The number of nitrogens with one attached hydrogen (secondary N) is 1. The number of carbonyl (C=O) groups is 1. The van der Waals surface area contributed by atoms with Crippen LogP contribution >= 0.6 is 27.3 Å². The summed E-state index contributed by atoms with van der Waals surface area (Å²) in [5.41, 5.74) is 1.48. The molecular formula is C11H9BrN2O2S. The number of aromatic nitrogens is 1. The molecule has 88 valence electrons. The second-order valence-corrected chi connectivity index (χ2v) is 5.12. The predicted molar refractivity (Wildman–Crippen MR) is 70.9 cm³/mol. The molecule has 0 bridgehead atoms. The summed E-state index contributed by atoms with van der Waals surface area (Å²) in [4.78, 5) is 14.7. The number of carboxylic acid groups (broad SMARTS) is 1. The molecule has 2 aromatic rings. The third-order valence-electron chi connectivity index (χ3n) is 1.96. The van der Waals surface area contributed by atoms with Gasteiger partial charge in [0, 0.05) is 15.5 Å². The number of hydrogen-bond acceptors (Lipinski definition) is 4. The van der Waals surface area contributed by atoms with Crippen LogP contribution in [0.1, 0.15) is 5.69 Å². The van der Waals surface area contributed by atoms with Gasteiger partial charge < -0.3 is 10.4 Å². The van der Waals surface area contributed by atoms with Gasteiger partial charge in [-0.2, -0.15) is 0 Å². The minimum absolute atomic E-state index is 0.0450. The average molecular weight is 313 g/mol. The van der Waals surface area contributed by atoms with E-state index in [1.165, 1.54) is 11.3 Å². The average Bonchev–Trinajstić information content (AvgIpc) is 2.64. The molecule has 0 unspecified atom stereocenters. The minimum atomic E-state index is -0.871. The highest BCUT2D eigenvalue weighted by atomic mass is 79.9. The first-order valence-corrected chi connectivity index (χ1v) is 6.49. The molecule has 0 aliphatic carbocycles. The maximum atomic E-state index is 10.5. The molecule has 0 amide bonds. The van der Waals surface area contributed by atoms with Gasteiger partial charge in [0.25, 0.3) is 0 Å². The molecule has 17 heavy (non-hydrogen) atoms. The Bertz CT molecular complexity index is 542. The number of benzene rings is 1. The Morgan fingerprint density at radius 2 is 2.35 bits per heavy atom. The van der Waals surface area contributed by atoms with Crippen LogP contribution in [0.4, 0.5) is 10.8 Å². The van der Waals surface area contributed by atoms with Crippen molar-refractivity contribution in [1.29, 1.82) is 0 Å². The first-order valence-electron chi connectivity index (χ1n) is 4.82. The van der Waals surface area contributed by atoms with Crippen molar-refractivity contribution >= 4 is 44.1 Å². The van der Waals surface area contributed by atoms with Crippen LogP contribution in [0.5, 0.6) is 0 Å². The van der Waals surface area contributed by atoms with Crippen molar-refractivity contribution in [3.63, 3.8) is 0 Å². The topological polar surface area (TPSA) is 62.2 Å². The Hall–Kier alpha value is -1.40. The van der Waals surface area contributed by atoms with Gasteiger partial charge in [-0.05, 0) is 18.2 Å². The smallest absolute Gasteiger partial charge is 0.309 e. The van der Waals surface area contributed by atoms with Crippen LogP contribution in [0.3, 0.4) is 0 Å². The van der Waals surface area contributed by atoms with Crippen molar-refractivity contribution in [3.05, 3.63) is 39.8 Å². The summed E-state index contributed by atoms with van der Waals surface area (Å²) in [6, 6.07) is 7.70. The van der Waals surface area contributed by atoms with Gasteiger partial charge in [0.1, 0.15) is 0 Å². The van der Waals surface area contributed by atoms with E-state index in [2.05, 4.69) is 26.2 Å². The predicted octanol–water partition coefficient (Wildman–Crippen LogP) is 3.28. The Kier molecular flexibility index (Phi) is 3.75. The largest absolute Gasteiger partial charge is 0.481 e. The number of rotatable bonds is 4. The zero-order chi connectivity index (χ0) is 12.3. The van der Waals surface area contributed by atoms with Crippen LogP contribution in [0.2, 0.25) is 0 Å². The van der Waals surface area contributed by atoms with E-state index in [9.17, 15) is 4.79 Å². The van der Waals surface area contributed by atoms with Gasteiger partial charge in [0.2, 0.25) is 0 Å². The van der Waals surface area contributed by atoms with Crippen molar-refractivity contribution < 1.29 is 9.90 Å². The molecule has 1 heterocycles.